The lowest BCUT2D eigenvalue weighted by atomic mass is 9.95. The Morgan fingerprint density at radius 2 is 1.42 bits per heavy atom. The number of benzene rings is 2. The quantitative estimate of drug-likeness (QED) is 0.136. The summed E-state index contributed by atoms with van der Waals surface area (Å²) in [7, 11) is 0. The molecule has 0 aliphatic heterocycles. The van der Waals surface area contributed by atoms with Crippen molar-refractivity contribution in [2.24, 2.45) is 5.73 Å². The molecule has 50 heavy (non-hydrogen) atoms. The van der Waals surface area contributed by atoms with Crippen LogP contribution in [0.25, 0.3) is 0 Å². The van der Waals surface area contributed by atoms with Crippen molar-refractivity contribution in [3.8, 4) is 0 Å². The molecule has 0 bridgehead atoms. The highest BCUT2D eigenvalue weighted by molar-refractivity contribution is 5.96. The molecule has 0 spiro atoms. The lowest BCUT2D eigenvalue weighted by molar-refractivity contribution is -0.159. The number of nitrogens with two attached hydrogens (primary N) is 1. The summed E-state index contributed by atoms with van der Waals surface area (Å²) in [4.78, 5) is 69.4. The van der Waals surface area contributed by atoms with Crippen LogP contribution in [0.1, 0.15) is 115 Å². The lowest BCUT2D eigenvalue weighted by Gasteiger charge is -2.36. The number of hydrogen-bond acceptors (Lipinski definition) is 7. The van der Waals surface area contributed by atoms with E-state index < -0.39 is 65.5 Å². The van der Waals surface area contributed by atoms with Crippen LogP contribution in [0.15, 0.2) is 48.5 Å². The number of hydrogen-bond donors (Lipinski definition) is 3. The van der Waals surface area contributed by atoms with Crippen molar-refractivity contribution in [1.29, 1.82) is 0 Å². The predicted octanol–water partition coefficient (Wildman–Crippen LogP) is 5.98. The van der Waals surface area contributed by atoms with Crippen molar-refractivity contribution in [3.05, 3.63) is 70.8 Å². The van der Waals surface area contributed by atoms with Crippen molar-refractivity contribution < 1.29 is 33.4 Å². The van der Waals surface area contributed by atoms with Crippen LogP contribution in [0.4, 0.5) is 4.79 Å². The minimum absolute atomic E-state index is 0.134. The molecular weight excluding hydrogens is 636 g/mol. The zero-order valence-corrected chi connectivity index (χ0v) is 31.4. The van der Waals surface area contributed by atoms with Gasteiger partial charge in [-0.1, -0.05) is 86.7 Å². The van der Waals surface area contributed by atoms with Crippen molar-refractivity contribution in [3.63, 3.8) is 0 Å². The van der Waals surface area contributed by atoms with Crippen LogP contribution >= 0.6 is 0 Å². The van der Waals surface area contributed by atoms with Gasteiger partial charge >= 0.3 is 12.1 Å². The Kier molecular flexibility index (Phi) is 16.0. The monoisotopic (exact) mass is 694 g/mol. The maximum atomic E-state index is 14.7. The summed E-state index contributed by atoms with van der Waals surface area (Å²) < 4.78 is 11.1. The number of unbranched alkanes of at least 4 members (excludes halogenated alkanes) is 4. The van der Waals surface area contributed by atoms with Crippen LogP contribution in [0.3, 0.4) is 0 Å². The third kappa shape index (κ3) is 14.6. The number of nitrogens with one attached hydrogen (secondary N) is 2. The van der Waals surface area contributed by atoms with Gasteiger partial charge in [0.25, 0.3) is 0 Å². The molecule has 0 saturated carbocycles. The predicted molar refractivity (Wildman–Crippen MR) is 194 cm³/mol. The van der Waals surface area contributed by atoms with Crippen LogP contribution < -0.4 is 16.4 Å². The molecule has 11 nitrogen and oxygen atoms in total. The first-order valence-electron chi connectivity index (χ1n) is 17.5. The summed E-state index contributed by atoms with van der Waals surface area (Å²) >= 11 is 0. The fourth-order valence-corrected chi connectivity index (χ4v) is 5.48. The summed E-state index contributed by atoms with van der Waals surface area (Å²) in [5.41, 5.74) is 6.82. The first-order chi connectivity index (χ1) is 23.3. The number of ether oxygens (including phenoxy) is 2. The van der Waals surface area contributed by atoms with Crippen molar-refractivity contribution in [1.82, 2.24) is 15.5 Å². The fraction of sp³-hybridized carbons (Fsp3) is 0.564. The third-order valence-corrected chi connectivity index (χ3v) is 7.76. The van der Waals surface area contributed by atoms with Crippen molar-refractivity contribution in [2.75, 3.05) is 6.54 Å². The summed E-state index contributed by atoms with van der Waals surface area (Å²) in [5.74, 6) is -2.72. The third-order valence-electron chi connectivity index (χ3n) is 7.76. The van der Waals surface area contributed by atoms with E-state index in [4.69, 9.17) is 15.2 Å². The first-order valence-corrected chi connectivity index (χ1v) is 17.5. The molecule has 276 valence electrons. The molecule has 0 aliphatic carbocycles. The number of aryl methyl sites for hydroxylation is 2. The van der Waals surface area contributed by atoms with E-state index in [0.29, 0.717) is 12.0 Å². The average molecular weight is 695 g/mol. The number of alkyl carbamates (subject to hydrolysis) is 1. The Balaban J connectivity index is 2.70. The largest absolute Gasteiger partial charge is 0.458 e. The highest BCUT2D eigenvalue weighted by atomic mass is 16.6. The topological polar surface area (TPSA) is 157 Å². The van der Waals surface area contributed by atoms with E-state index in [0.717, 1.165) is 42.4 Å². The summed E-state index contributed by atoms with van der Waals surface area (Å²) in [6, 6.07) is 11.1. The molecule has 2 aromatic rings. The maximum absolute atomic E-state index is 14.7. The number of esters is 1. The van der Waals surface area contributed by atoms with Gasteiger partial charge in [-0.05, 0) is 78.5 Å². The Morgan fingerprint density at radius 1 is 0.800 bits per heavy atom. The molecule has 3 unspecified atom stereocenters. The molecule has 3 atom stereocenters. The van der Waals surface area contributed by atoms with Crippen LogP contribution in [0.2, 0.25) is 0 Å². The summed E-state index contributed by atoms with van der Waals surface area (Å²) in [6.45, 7) is 16.2. The van der Waals surface area contributed by atoms with Gasteiger partial charge in [0.1, 0.15) is 29.3 Å². The van der Waals surface area contributed by atoms with Gasteiger partial charge < -0.3 is 30.7 Å². The molecule has 0 heterocycles. The molecule has 0 aliphatic rings. The molecule has 2 aromatic carbocycles. The van der Waals surface area contributed by atoms with Crippen LogP contribution in [0, 0.1) is 13.8 Å². The summed E-state index contributed by atoms with van der Waals surface area (Å²) in [6.07, 6.45) is 3.03. The van der Waals surface area contributed by atoms with Gasteiger partial charge in [0, 0.05) is 13.0 Å². The summed E-state index contributed by atoms with van der Waals surface area (Å²) in [5, 5.41) is 5.45. The van der Waals surface area contributed by atoms with Gasteiger partial charge in [-0.15, -0.1) is 0 Å². The molecule has 0 fully saturated rings. The maximum Gasteiger partial charge on any atom is 0.408 e. The Labute approximate surface area is 298 Å². The number of primary amides is 1. The SMILES string of the molecule is CCCCCCCN(C(=O)C(CC(N)=O)NC(=O)OC(C)(C)C)C(C(=O)NC(Cc1ccccc1)C(=O)OC(C)(C)C)c1cc(C)ccc1C. The zero-order chi connectivity index (χ0) is 37.6. The molecule has 0 saturated heterocycles. The van der Waals surface area contributed by atoms with E-state index in [1.807, 2.05) is 62.4 Å². The fourth-order valence-electron chi connectivity index (χ4n) is 5.48. The van der Waals surface area contributed by atoms with Gasteiger partial charge in [0.05, 0.1) is 6.42 Å². The molecule has 4 amide bonds. The second-order valence-corrected chi connectivity index (χ2v) is 14.9. The first kappa shape index (κ1) is 41.8. The molecule has 0 aromatic heterocycles. The van der Waals surface area contributed by atoms with Crippen LogP contribution in [-0.2, 0) is 35.1 Å². The minimum Gasteiger partial charge on any atom is -0.458 e. The van der Waals surface area contributed by atoms with E-state index in [1.54, 1.807) is 41.5 Å². The molecule has 4 N–H and O–H groups in total. The average Bonchev–Trinajstić information content (AvgIpc) is 2.99. The van der Waals surface area contributed by atoms with Gasteiger partial charge in [-0.25, -0.2) is 9.59 Å². The van der Waals surface area contributed by atoms with E-state index in [9.17, 15) is 24.0 Å². The van der Waals surface area contributed by atoms with E-state index in [1.165, 1.54) is 4.90 Å². The second-order valence-electron chi connectivity index (χ2n) is 14.9. The standard InChI is InChI=1S/C39H58N4O7/c1-10-11-12-13-17-22-43(35(46)30(25-32(40)44)42-37(48)50-39(7,8)9)33(29-23-26(2)20-21-27(29)3)34(45)41-31(36(47)49-38(4,5)6)24-28-18-15-14-16-19-28/h14-16,18-21,23,30-31,33H,10-13,17,22,24-25H2,1-9H3,(H2,40,44)(H,41,45)(H,42,48). The lowest BCUT2D eigenvalue weighted by Crippen LogP contribution is -2.56. The highest BCUT2D eigenvalue weighted by Crippen LogP contribution is 2.28. The Bertz CT molecular complexity index is 1450. The Hall–Kier alpha value is -4.41. The van der Waals surface area contributed by atoms with E-state index in [2.05, 4.69) is 17.6 Å². The number of amides is 4. The molecular formula is C39H58N4O7. The van der Waals surface area contributed by atoms with E-state index >= 15 is 0 Å². The van der Waals surface area contributed by atoms with E-state index in [-0.39, 0.29) is 13.0 Å². The second kappa shape index (κ2) is 19.1. The van der Waals surface area contributed by atoms with Crippen LogP contribution in [-0.4, -0.2) is 64.5 Å². The van der Waals surface area contributed by atoms with Crippen molar-refractivity contribution >= 4 is 29.8 Å². The van der Waals surface area contributed by atoms with Gasteiger partial charge in [0.2, 0.25) is 17.7 Å². The number of nitrogens with zero attached hydrogens (tertiary/aromatic N) is 1. The normalized spacial score (nSPS) is 13.4. The number of carbonyl (C=O) groups excluding carboxylic acids is 5. The minimum atomic E-state index is -1.41. The van der Waals surface area contributed by atoms with Gasteiger partial charge in [-0.3, -0.25) is 14.4 Å². The van der Waals surface area contributed by atoms with Gasteiger partial charge in [-0.2, -0.15) is 0 Å². The number of carbonyl (C=O) groups is 5. The zero-order valence-electron chi connectivity index (χ0n) is 31.4. The van der Waals surface area contributed by atoms with Gasteiger partial charge in [0.15, 0.2) is 0 Å². The highest BCUT2D eigenvalue weighted by Gasteiger charge is 2.39. The van der Waals surface area contributed by atoms with Crippen molar-refractivity contribution in [2.45, 2.75) is 137 Å². The van der Waals surface area contributed by atoms with Crippen LogP contribution in [0.5, 0.6) is 0 Å². The smallest absolute Gasteiger partial charge is 0.408 e. The molecule has 11 heteroatoms. The molecule has 0 radical (unpaired) electrons. The molecule has 2 rings (SSSR count). The Morgan fingerprint density at radius 3 is 2.00 bits per heavy atom. The number of rotatable bonds is 17.